The molecule has 8 heteroatoms. The molecule has 0 saturated heterocycles. The van der Waals surface area contributed by atoms with Crippen molar-refractivity contribution in [2.45, 2.75) is 19.8 Å². The Morgan fingerprint density at radius 2 is 2.04 bits per heavy atom. The van der Waals surface area contributed by atoms with Gasteiger partial charge in [-0.15, -0.1) is 11.3 Å². The summed E-state index contributed by atoms with van der Waals surface area (Å²) in [5.41, 5.74) is 2.31. The SMILES string of the molecule is CC(C)c1cccc(OCC(=O)Nc2nc(-c3cccc([N+](=O)[O-])c3)cs2)c1. The Kier molecular flexibility index (Phi) is 6.00. The molecule has 1 aromatic heterocycles. The number of nitrogens with zero attached hydrogens (tertiary/aromatic N) is 2. The molecule has 1 N–H and O–H groups in total. The maximum absolute atomic E-state index is 12.1. The average molecular weight is 397 g/mol. The molecule has 0 radical (unpaired) electrons. The van der Waals surface area contributed by atoms with Gasteiger partial charge in [0, 0.05) is 23.1 Å². The van der Waals surface area contributed by atoms with E-state index < -0.39 is 4.92 Å². The fraction of sp³-hybridized carbons (Fsp3) is 0.200. The lowest BCUT2D eigenvalue weighted by Crippen LogP contribution is -2.20. The van der Waals surface area contributed by atoms with E-state index in [-0.39, 0.29) is 18.2 Å². The van der Waals surface area contributed by atoms with Crippen molar-refractivity contribution >= 4 is 28.1 Å². The number of aromatic nitrogens is 1. The summed E-state index contributed by atoms with van der Waals surface area (Å²) in [5, 5.41) is 15.7. The van der Waals surface area contributed by atoms with E-state index in [4.69, 9.17) is 4.74 Å². The van der Waals surface area contributed by atoms with Crippen LogP contribution in [0.2, 0.25) is 0 Å². The van der Waals surface area contributed by atoms with E-state index in [0.29, 0.717) is 28.1 Å². The number of thiazole rings is 1. The van der Waals surface area contributed by atoms with Crippen LogP contribution in [0.5, 0.6) is 5.75 Å². The molecular formula is C20H19N3O4S. The minimum atomic E-state index is -0.454. The Hall–Kier alpha value is -3.26. The van der Waals surface area contributed by atoms with Crippen molar-refractivity contribution in [1.82, 2.24) is 4.98 Å². The summed E-state index contributed by atoms with van der Waals surface area (Å²) in [4.78, 5) is 26.9. The van der Waals surface area contributed by atoms with E-state index in [1.54, 1.807) is 17.5 Å². The molecule has 1 amide bonds. The largest absolute Gasteiger partial charge is 0.484 e. The summed E-state index contributed by atoms with van der Waals surface area (Å²) < 4.78 is 5.55. The van der Waals surface area contributed by atoms with E-state index >= 15 is 0 Å². The van der Waals surface area contributed by atoms with Gasteiger partial charge in [-0.3, -0.25) is 20.2 Å². The number of amides is 1. The van der Waals surface area contributed by atoms with Crippen molar-refractivity contribution in [1.29, 1.82) is 0 Å². The van der Waals surface area contributed by atoms with Crippen LogP contribution in [-0.2, 0) is 4.79 Å². The van der Waals surface area contributed by atoms with Crippen LogP contribution in [0, 0.1) is 10.1 Å². The Bertz CT molecular complexity index is 1000. The van der Waals surface area contributed by atoms with Crippen molar-refractivity contribution in [3.63, 3.8) is 0 Å². The number of non-ortho nitro benzene ring substituents is 1. The number of rotatable bonds is 7. The first kappa shape index (κ1) is 19.5. The van der Waals surface area contributed by atoms with Gasteiger partial charge in [-0.1, -0.05) is 38.1 Å². The highest BCUT2D eigenvalue weighted by molar-refractivity contribution is 7.14. The Labute approximate surface area is 166 Å². The summed E-state index contributed by atoms with van der Waals surface area (Å²) in [5.74, 6) is 0.688. The van der Waals surface area contributed by atoms with E-state index in [1.807, 2.05) is 24.3 Å². The summed E-state index contributed by atoms with van der Waals surface area (Å²) in [7, 11) is 0. The van der Waals surface area contributed by atoms with Gasteiger partial charge < -0.3 is 4.74 Å². The number of nitrogens with one attached hydrogen (secondary N) is 1. The standard InChI is InChI=1S/C20H19N3O4S/c1-13(2)14-5-4-8-17(10-14)27-11-19(24)22-20-21-18(12-28-20)15-6-3-7-16(9-15)23(25)26/h3-10,12-13H,11H2,1-2H3,(H,21,22,24). The van der Waals surface area contributed by atoms with Gasteiger partial charge in [0.05, 0.1) is 10.6 Å². The van der Waals surface area contributed by atoms with Crippen molar-refractivity contribution < 1.29 is 14.5 Å². The van der Waals surface area contributed by atoms with Crippen LogP contribution in [0.4, 0.5) is 10.8 Å². The number of benzene rings is 2. The van der Waals surface area contributed by atoms with Crippen LogP contribution in [0.15, 0.2) is 53.9 Å². The highest BCUT2D eigenvalue weighted by Gasteiger charge is 2.12. The summed E-state index contributed by atoms with van der Waals surface area (Å²) >= 11 is 1.25. The molecule has 0 fully saturated rings. The maximum Gasteiger partial charge on any atom is 0.270 e. The topological polar surface area (TPSA) is 94.4 Å². The molecule has 0 spiro atoms. The van der Waals surface area contributed by atoms with Gasteiger partial charge in [0.15, 0.2) is 11.7 Å². The van der Waals surface area contributed by atoms with Crippen LogP contribution in [0.3, 0.4) is 0 Å². The zero-order valence-corrected chi connectivity index (χ0v) is 16.2. The third-order valence-corrected chi connectivity index (χ3v) is 4.76. The van der Waals surface area contributed by atoms with Crippen LogP contribution in [0.1, 0.15) is 25.3 Å². The van der Waals surface area contributed by atoms with E-state index in [1.165, 1.54) is 23.5 Å². The van der Waals surface area contributed by atoms with Crippen molar-refractivity contribution in [2.75, 3.05) is 11.9 Å². The number of carbonyl (C=O) groups excluding carboxylic acids is 1. The van der Waals surface area contributed by atoms with Gasteiger partial charge in [-0.05, 0) is 23.6 Å². The molecule has 1 heterocycles. The van der Waals surface area contributed by atoms with Crippen LogP contribution in [0.25, 0.3) is 11.3 Å². The van der Waals surface area contributed by atoms with Crippen molar-refractivity contribution in [3.8, 4) is 17.0 Å². The minimum absolute atomic E-state index is 0.00638. The Balaban J connectivity index is 1.60. The van der Waals surface area contributed by atoms with Gasteiger partial charge in [-0.25, -0.2) is 4.98 Å². The molecule has 2 aromatic carbocycles. The fourth-order valence-electron chi connectivity index (χ4n) is 2.51. The molecular weight excluding hydrogens is 378 g/mol. The molecule has 0 unspecified atom stereocenters. The second-order valence-corrected chi connectivity index (χ2v) is 7.27. The molecule has 3 rings (SSSR count). The van der Waals surface area contributed by atoms with Gasteiger partial charge >= 0.3 is 0 Å². The molecule has 0 saturated carbocycles. The predicted octanol–water partition coefficient (Wildman–Crippen LogP) is 4.86. The summed E-state index contributed by atoms with van der Waals surface area (Å²) in [6, 6.07) is 13.8. The van der Waals surface area contributed by atoms with Crippen LogP contribution < -0.4 is 10.1 Å². The molecule has 0 atom stereocenters. The minimum Gasteiger partial charge on any atom is -0.484 e. The molecule has 0 aliphatic heterocycles. The first-order valence-corrected chi connectivity index (χ1v) is 9.53. The lowest BCUT2D eigenvalue weighted by molar-refractivity contribution is -0.384. The van der Waals surface area contributed by atoms with Crippen LogP contribution in [-0.4, -0.2) is 22.4 Å². The summed E-state index contributed by atoms with van der Waals surface area (Å²) in [6.07, 6.45) is 0. The summed E-state index contributed by atoms with van der Waals surface area (Å²) in [6.45, 7) is 4.05. The van der Waals surface area contributed by atoms with Crippen LogP contribution >= 0.6 is 11.3 Å². The van der Waals surface area contributed by atoms with E-state index in [2.05, 4.69) is 24.1 Å². The number of carbonyl (C=O) groups is 1. The molecule has 7 nitrogen and oxygen atoms in total. The number of hydrogen-bond acceptors (Lipinski definition) is 6. The smallest absolute Gasteiger partial charge is 0.270 e. The third kappa shape index (κ3) is 4.92. The molecule has 3 aromatic rings. The fourth-order valence-corrected chi connectivity index (χ4v) is 3.25. The van der Waals surface area contributed by atoms with Gasteiger partial charge in [-0.2, -0.15) is 0 Å². The molecule has 0 bridgehead atoms. The predicted molar refractivity (Wildman–Crippen MR) is 109 cm³/mol. The van der Waals surface area contributed by atoms with E-state index in [9.17, 15) is 14.9 Å². The highest BCUT2D eigenvalue weighted by Crippen LogP contribution is 2.27. The lowest BCUT2D eigenvalue weighted by atomic mass is 10.0. The van der Waals surface area contributed by atoms with Crippen molar-refractivity contribution in [3.05, 3.63) is 69.6 Å². The molecule has 0 aliphatic carbocycles. The first-order valence-electron chi connectivity index (χ1n) is 8.65. The molecule has 28 heavy (non-hydrogen) atoms. The molecule has 144 valence electrons. The lowest BCUT2D eigenvalue weighted by Gasteiger charge is -2.09. The maximum atomic E-state index is 12.1. The van der Waals surface area contributed by atoms with Gasteiger partial charge in [0.2, 0.25) is 0 Å². The third-order valence-electron chi connectivity index (χ3n) is 4.00. The second kappa shape index (κ2) is 8.62. The Morgan fingerprint density at radius 3 is 2.79 bits per heavy atom. The zero-order chi connectivity index (χ0) is 20.1. The normalized spacial score (nSPS) is 10.7. The second-order valence-electron chi connectivity index (χ2n) is 6.41. The number of nitro groups is 1. The highest BCUT2D eigenvalue weighted by atomic mass is 32.1. The van der Waals surface area contributed by atoms with Crippen molar-refractivity contribution in [2.24, 2.45) is 0 Å². The number of anilines is 1. The average Bonchev–Trinajstić information content (AvgIpc) is 3.15. The monoisotopic (exact) mass is 397 g/mol. The zero-order valence-electron chi connectivity index (χ0n) is 15.4. The quantitative estimate of drug-likeness (QED) is 0.454. The van der Waals surface area contributed by atoms with Gasteiger partial charge in [0.1, 0.15) is 5.75 Å². The van der Waals surface area contributed by atoms with Gasteiger partial charge in [0.25, 0.3) is 11.6 Å². The number of hydrogen-bond donors (Lipinski definition) is 1. The molecule has 0 aliphatic rings. The number of nitro benzene ring substituents is 1. The number of ether oxygens (including phenoxy) is 1. The first-order chi connectivity index (χ1) is 13.4. The van der Waals surface area contributed by atoms with E-state index in [0.717, 1.165) is 5.56 Å². The Morgan fingerprint density at radius 1 is 1.25 bits per heavy atom.